The van der Waals surface area contributed by atoms with Crippen LogP contribution in [-0.2, 0) is 25.5 Å². The molecule has 2 aliphatic rings. The van der Waals surface area contributed by atoms with E-state index in [0.717, 1.165) is 5.56 Å². The number of likely N-dealkylation sites (tertiary alicyclic amines) is 1. The molecule has 8 nitrogen and oxygen atoms in total. The van der Waals surface area contributed by atoms with Crippen LogP contribution in [0.2, 0.25) is 0 Å². The number of esters is 1. The number of furan rings is 1. The second-order valence-corrected chi connectivity index (χ2v) is 7.60. The summed E-state index contributed by atoms with van der Waals surface area (Å²) in [6.07, 6.45) is 1.62. The zero-order valence-electron chi connectivity index (χ0n) is 16.8. The normalized spacial score (nSPS) is 28.1. The van der Waals surface area contributed by atoms with Gasteiger partial charge in [0.1, 0.15) is 17.0 Å². The Morgan fingerprint density at radius 2 is 1.93 bits per heavy atom. The largest absolute Gasteiger partial charge is 0.508 e. The Hall–Kier alpha value is -3.13. The molecule has 1 aromatic carbocycles. The van der Waals surface area contributed by atoms with Crippen molar-refractivity contribution < 1.29 is 28.6 Å². The minimum absolute atomic E-state index is 0.0962. The van der Waals surface area contributed by atoms with Gasteiger partial charge in [-0.15, -0.1) is 0 Å². The average molecular weight is 412 g/mol. The lowest BCUT2D eigenvalue weighted by atomic mass is 9.76. The third-order valence-corrected chi connectivity index (χ3v) is 5.97. The van der Waals surface area contributed by atoms with Crippen molar-refractivity contribution in [3.05, 3.63) is 54.0 Å². The third kappa shape index (κ3) is 2.99. The molecule has 0 unspecified atom stereocenters. The van der Waals surface area contributed by atoms with E-state index in [0.29, 0.717) is 5.76 Å². The maximum absolute atomic E-state index is 13.3. The Morgan fingerprint density at radius 3 is 2.53 bits per heavy atom. The van der Waals surface area contributed by atoms with Crippen LogP contribution in [0.4, 0.5) is 0 Å². The molecule has 4 atom stereocenters. The molecule has 2 aromatic rings. The van der Waals surface area contributed by atoms with Gasteiger partial charge >= 0.3 is 5.97 Å². The molecule has 8 heteroatoms. The summed E-state index contributed by atoms with van der Waals surface area (Å²) in [6, 6.07) is 9.20. The van der Waals surface area contributed by atoms with E-state index in [9.17, 15) is 19.5 Å². The maximum atomic E-state index is 13.3. The van der Waals surface area contributed by atoms with Crippen molar-refractivity contribution >= 4 is 17.8 Å². The van der Waals surface area contributed by atoms with Gasteiger partial charge in [0.25, 0.3) is 0 Å². The first-order valence-corrected chi connectivity index (χ1v) is 10.0. The van der Waals surface area contributed by atoms with E-state index in [4.69, 9.17) is 9.15 Å². The van der Waals surface area contributed by atoms with Crippen LogP contribution in [0, 0.1) is 11.8 Å². The topological polar surface area (TPSA) is 109 Å². The van der Waals surface area contributed by atoms with Gasteiger partial charge in [-0.1, -0.05) is 12.1 Å². The number of benzene rings is 1. The Bertz CT molecular complexity index is 955. The van der Waals surface area contributed by atoms with Gasteiger partial charge in [-0.2, -0.15) is 0 Å². The van der Waals surface area contributed by atoms with Gasteiger partial charge in [0, 0.05) is 13.0 Å². The number of ether oxygens (including phenoxy) is 1. The van der Waals surface area contributed by atoms with Gasteiger partial charge < -0.3 is 14.3 Å². The van der Waals surface area contributed by atoms with Crippen molar-refractivity contribution in [2.24, 2.45) is 11.8 Å². The van der Waals surface area contributed by atoms with Crippen LogP contribution in [0.25, 0.3) is 0 Å². The monoisotopic (exact) mass is 412 g/mol. The Kier molecular flexibility index (Phi) is 5.11. The summed E-state index contributed by atoms with van der Waals surface area (Å²) in [4.78, 5) is 40.9. The highest BCUT2D eigenvalue weighted by atomic mass is 16.5. The average Bonchev–Trinajstić information content (AvgIpc) is 3.42. The summed E-state index contributed by atoms with van der Waals surface area (Å²) < 4.78 is 10.9. The lowest BCUT2D eigenvalue weighted by Crippen LogP contribution is -2.58. The van der Waals surface area contributed by atoms with E-state index >= 15 is 0 Å². The molecule has 0 saturated carbocycles. The predicted octanol–water partition coefficient (Wildman–Crippen LogP) is 1.80. The van der Waals surface area contributed by atoms with Gasteiger partial charge in [0.05, 0.1) is 30.7 Å². The van der Waals surface area contributed by atoms with E-state index < -0.39 is 29.4 Å². The molecule has 1 aromatic heterocycles. The van der Waals surface area contributed by atoms with Crippen molar-refractivity contribution in [1.82, 2.24) is 10.2 Å². The number of phenolic OH excluding ortho intramolecular Hbond substituents is 1. The van der Waals surface area contributed by atoms with Crippen LogP contribution in [0.3, 0.4) is 0 Å². The van der Waals surface area contributed by atoms with Crippen molar-refractivity contribution in [1.29, 1.82) is 0 Å². The number of carbonyl (C=O) groups excluding carboxylic acids is 3. The highest BCUT2D eigenvalue weighted by Gasteiger charge is 2.69. The molecule has 0 bridgehead atoms. The van der Waals surface area contributed by atoms with Crippen molar-refractivity contribution in [3.8, 4) is 5.75 Å². The van der Waals surface area contributed by atoms with E-state index in [1.54, 1.807) is 38.1 Å². The van der Waals surface area contributed by atoms with Crippen LogP contribution >= 0.6 is 0 Å². The van der Waals surface area contributed by atoms with Crippen molar-refractivity contribution in [2.75, 3.05) is 13.2 Å². The first-order chi connectivity index (χ1) is 14.4. The summed E-state index contributed by atoms with van der Waals surface area (Å²) >= 11 is 0. The molecule has 2 N–H and O–H groups in total. The molecule has 3 heterocycles. The molecule has 2 amide bonds. The highest BCUT2D eigenvalue weighted by molar-refractivity contribution is 6.09. The van der Waals surface area contributed by atoms with Crippen LogP contribution in [0.15, 0.2) is 47.1 Å². The fraction of sp³-hybridized carbons (Fsp3) is 0.409. The van der Waals surface area contributed by atoms with Gasteiger partial charge in [0.2, 0.25) is 11.8 Å². The van der Waals surface area contributed by atoms with Gasteiger partial charge in [-0.25, -0.2) is 0 Å². The van der Waals surface area contributed by atoms with E-state index in [1.165, 1.54) is 23.3 Å². The number of nitrogens with zero attached hydrogens (tertiary/aromatic N) is 1. The zero-order chi connectivity index (χ0) is 21.5. The second kappa shape index (κ2) is 7.60. The number of fused-ring (bicyclic) bond motifs is 1. The van der Waals surface area contributed by atoms with Crippen molar-refractivity contribution in [2.45, 2.75) is 31.8 Å². The van der Waals surface area contributed by atoms with Gasteiger partial charge in [0.15, 0.2) is 0 Å². The molecular weight excluding hydrogens is 388 g/mol. The molecular formula is C22H24N2O6. The standard InChI is InChI=1S/C22H24N2O6/c1-3-24-19(26)16-17(20(24)27)22(21(28)29-4-2,12-13-7-9-14(25)10-8-13)23-18(16)15-6-5-11-30-15/h5-11,16-18,23,25H,3-4,12H2,1-2H3/t16-,17+,18+,22-/m1/s1. The Labute approximate surface area is 173 Å². The molecule has 0 aliphatic carbocycles. The molecule has 30 heavy (non-hydrogen) atoms. The summed E-state index contributed by atoms with van der Waals surface area (Å²) in [5, 5.41) is 12.9. The smallest absolute Gasteiger partial charge is 0.327 e. The minimum atomic E-state index is -1.44. The molecule has 2 aliphatic heterocycles. The summed E-state index contributed by atoms with van der Waals surface area (Å²) in [6.45, 7) is 3.80. The molecule has 158 valence electrons. The van der Waals surface area contributed by atoms with E-state index in [2.05, 4.69) is 5.32 Å². The number of amides is 2. The predicted molar refractivity (Wildman–Crippen MR) is 105 cm³/mol. The maximum Gasteiger partial charge on any atom is 0.327 e. The molecule has 4 rings (SSSR count). The van der Waals surface area contributed by atoms with Crippen LogP contribution in [0.5, 0.6) is 5.75 Å². The number of carbonyl (C=O) groups is 3. The van der Waals surface area contributed by atoms with Crippen LogP contribution in [0.1, 0.15) is 31.2 Å². The number of hydrogen-bond donors (Lipinski definition) is 2. The zero-order valence-corrected chi connectivity index (χ0v) is 16.8. The molecule has 2 fully saturated rings. The van der Waals surface area contributed by atoms with Gasteiger partial charge in [-0.3, -0.25) is 24.6 Å². The molecule has 2 saturated heterocycles. The van der Waals surface area contributed by atoms with Crippen molar-refractivity contribution in [3.63, 3.8) is 0 Å². The summed E-state index contributed by atoms with van der Waals surface area (Å²) in [5.74, 6) is -2.40. The number of nitrogens with one attached hydrogen (secondary N) is 1. The van der Waals surface area contributed by atoms with E-state index in [1.807, 2.05) is 0 Å². The fourth-order valence-corrected chi connectivity index (χ4v) is 4.70. The number of aromatic hydroxyl groups is 1. The SMILES string of the molecule is CCOC(=O)[C@]1(Cc2ccc(O)cc2)N[C@@H](c2ccco2)[C@@H]2C(=O)N(CC)C(=O)[C@H]21. The Balaban J connectivity index is 1.84. The second-order valence-electron chi connectivity index (χ2n) is 7.60. The van der Waals surface area contributed by atoms with E-state index in [-0.39, 0.29) is 37.1 Å². The van der Waals surface area contributed by atoms with Crippen LogP contribution < -0.4 is 5.32 Å². The number of hydrogen-bond acceptors (Lipinski definition) is 7. The number of rotatable bonds is 6. The quantitative estimate of drug-likeness (QED) is 0.550. The Morgan fingerprint density at radius 1 is 1.20 bits per heavy atom. The molecule has 0 spiro atoms. The number of phenols is 1. The first-order valence-electron chi connectivity index (χ1n) is 10.0. The number of imide groups is 1. The third-order valence-electron chi connectivity index (χ3n) is 5.97. The highest BCUT2D eigenvalue weighted by Crippen LogP contribution is 2.50. The lowest BCUT2D eigenvalue weighted by molar-refractivity contribution is -0.156. The van der Waals surface area contributed by atoms with Gasteiger partial charge in [-0.05, 0) is 43.7 Å². The minimum Gasteiger partial charge on any atom is -0.508 e. The summed E-state index contributed by atoms with van der Waals surface area (Å²) in [5.41, 5.74) is -0.714. The van der Waals surface area contributed by atoms with Crippen LogP contribution in [-0.4, -0.2) is 46.5 Å². The lowest BCUT2D eigenvalue weighted by Gasteiger charge is -2.32. The fourth-order valence-electron chi connectivity index (χ4n) is 4.70. The summed E-state index contributed by atoms with van der Waals surface area (Å²) in [7, 11) is 0. The molecule has 0 radical (unpaired) electrons. The first kappa shape index (κ1) is 20.2.